The molecule has 0 aliphatic carbocycles. The second-order valence-electron chi connectivity index (χ2n) is 16.0. The zero-order valence-corrected chi connectivity index (χ0v) is 31.8. The van der Waals surface area contributed by atoms with Crippen molar-refractivity contribution in [3.63, 3.8) is 0 Å². The number of nitrogens with zero attached hydrogens (tertiary/aromatic N) is 2. The van der Waals surface area contributed by atoms with Crippen LogP contribution in [0.15, 0.2) is 22.1 Å². The van der Waals surface area contributed by atoms with E-state index in [2.05, 4.69) is 100 Å². The fraction of sp³-hybridized carbons (Fsp3) is 0.639. The number of hydrogen-bond acceptors (Lipinski definition) is 7. The van der Waals surface area contributed by atoms with E-state index in [1.54, 1.807) is 0 Å². The molecule has 3 atom stereocenters. The van der Waals surface area contributed by atoms with Crippen molar-refractivity contribution in [3.05, 3.63) is 34.5 Å². The summed E-state index contributed by atoms with van der Waals surface area (Å²) in [5.41, 5.74) is 32.4. The molecular weight excluding hydrogens is 636 g/mol. The predicted octanol–water partition coefficient (Wildman–Crippen LogP) is 2.18. The number of rotatable bonds is 15. The summed E-state index contributed by atoms with van der Waals surface area (Å²) in [4.78, 5) is 52.2. The largest absolute Gasteiger partial charge is 0.467 e. The van der Waals surface area contributed by atoms with Crippen molar-refractivity contribution in [1.82, 2.24) is 15.6 Å². The fourth-order valence-corrected chi connectivity index (χ4v) is 5.74. The van der Waals surface area contributed by atoms with Gasteiger partial charge in [0.25, 0.3) is 0 Å². The van der Waals surface area contributed by atoms with Gasteiger partial charge in [0, 0.05) is 41.5 Å². The average Bonchev–Trinajstić information content (AvgIpc) is 3.36. The van der Waals surface area contributed by atoms with Crippen molar-refractivity contribution in [2.45, 2.75) is 129 Å². The number of ether oxygens (including phenoxy) is 1. The van der Waals surface area contributed by atoms with Crippen LogP contribution in [0.3, 0.4) is 0 Å². The van der Waals surface area contributed by atoms with Gasteiger partial charge in [0.05, 0.1) is 13.2 Å². The number of amides is 2. The number of methoxy groups -OCH3 is 1. The maximum Gasteiger partial charge on any atom is 0.328 e. The topological polar surface area (TPSA) is 255 Å². The molecule has 2 rings (SSSR count). The number of hydrogen-bond donors (Lipinski definition) is 8. The quantitative estimate of drug-likeness (QED) is 0.0586. The van der Waals surface area contributed by atoms with Crippen molar-refractivity contribution in [2.24, 2.45) is 38.7 Å². The van der Waals surface area contributed by atoms with Crippen LogP contribution in [0.5, 0.6) is 0 Å². The van der Waals surface area contributed by atoms with Crippen LogP contribution in [0, 0.1) is 0 Å². The lowest BCUT2D eigenvalue weighted by molar-refractivity contribution is -0.145. The number of carbonyl (C=O) groups is 3. The van der Waals surface area contributed by atoms with Gasteiger partial charge in [-0.15, -0.1) is 0 Å². The molecule has 0 bridgehead atoms. The second kappa shape index (κ2) is 17.1. The van der Waals surface area contributed by atoms with E-state index in [1.165, 1.54) is 7.11 Å². The average molecular weight is 699 g/mol. The van der Waals surface area contributed by atoms with Gasteiger partial charge >= 0.3 is 5.97 Å². The second-order valence-corrected chi connectivity index (χ2v) is 16.0. The monoisotopic (exact) mass is 698 g/mol. The van der Waals surface area contributed by atoms with E-state index in [4.69, 9.17) is 33.4 Å². The van der Waals surface area contributed by atoms with Gasteiger partial charge in [0.2, 0.25) is 11.8 Å². The Morgan fingerprint density at radius 3 is 1.80 bits per heavy atom. The summed E-state index contributed by atoms with van der Waals surface area (Å²) in [6, 6.07) is 1.41. The molecule has 280 valence electrons. The van der Waals surface area contributed by atoms with Gasteiger partial charge in [-0.3, -0.25) is 19.6 Å². The van der Waals surface area contributed by atoms with Crippen LogP contribution in [0.25, 0.3) is 10.9 Å². The number of nitrogens with one attached hydrogen (secondary N) is 3. The van der Waals surface area contributed by atoms with Crippen LogP contribution in [-0.4, -0.2) is 73.0 Å². The number of H-pyrrole nitrogens is 1. The summed E-state index contributed by atoms with van der Waals surface area (Å²) >= 11 is 0. The highest BCUT2D eigenvalue weighted by Gasteiger charge is 2.34. The third-order valence-corrected chi connectivity index (χ3v) is 8.53. The Morgan fingerprint density at radius 1 is 0.780 bits per heavy atom. The van der Waals surface area contributed by atoms with Gasteiger partial charge in [0.1, 0.15) is 12.1 Å². The van der Waals surface area contributed by atoms with Crippen molar-refractivity contribution < 1.29 is 19.1 Å². The third kappa shape index (κ3) is 11.9. The van der Waals surface area contributed by atoms with E-state index in [9.17, 15) is 14.4 Å². The Kier molecular flexibility index (Phi) is 14.3. The molecule has 0 aliphatic heterocycles. The molecular formula is C36H62N10O4. The van der Waals surface area contributed by atoms with Crippen molar-refractivity contribution in [2.75, 3.05) is 20.2 Å². The first-order valence-corrected chi connectivity index (χ1v) is 17.2. The van der Waals surface area contributed by atoms with Crippen LogP contribution in [0.1, 0.15) is 110 Å². The number of benzene rings is 1. The summed E-state index contributed by atoms with van der Waals surface area (Å²) in [6.07, 6.45) is 1.49. The Hall–Kier alpha value is -4.33. The van der Waals surface area contributed by atoms with E-state index < -0.39 is 35.9 Å². The van der Waals surface area contributed by atoms with E-state index in [0.29, 0.717) is 19.4 Å². The molecule has 14 nitrogen and oxygen atoms in total. The first kappa shape index (κ1) is 41.8. The number of aromatic amines is 1. The molecule has 2 amide bonds. The van der Waals surface area contributed by atoms with Crippen LogP contribution < -0.4 is 39.3 Å². The highest BCUT2D eigenvalue weighted by Crippen LogP contribution is 2.40. The van der Waals surface area contributed by atoms with Gasteiger partial charge in [0.15, 0.2) is 11.9 Å². The van der Waals surface area contributed by atoms with Crippen LogP contribution in [0.2, 0.25) is 0 Å². The molecule has 50 heavy (non-hydrogen) atoms. The Labute approximate surface area is 297 Å². The molecule has 2 aromatic rings. The molecule has 1 aromatic carbocycles. The molecule has 0 fully saturated rings. The van der Waals surface area contributed by atoms with Gasteiger partial charge in [-0.1, -0.05) is 68.4 Å². The Bertz CT molecular complexity index is 1550. The number of carbonyl (C=O) groups excluding carboxylic acids is 3. The summed E-state index contributed by atoms with van der Waals surface area (Å²) < 4.78 is 5.00. The van der Waals surface area contributed by atoms with Gasteiger partial charge in [-0.05, 0) is 59.3 Å². The van der Waals surface area contributed by atoms with Gasteiger partial charge in [-0.2, -0.15) is 0 Å². The number of fused-ring (bicyclic) bond motifs is 1. The lowest BCUT2D eigenvalue weighted by atomic mass is 9.78. The highest BCUT2D eigenvalue weighted by molar-refractivity contribution is 5.94. The summed E-state index contributed by atoms with van der Waals surface area (Å²) in [5.74, 6) is -1.81. The van der Waals surface area contributed by atoms with Crippen LogP contribution in [0.4, 0.5) is 0 Å². The Balaban J connectivity index is 2.69. The maximum atomic E-state index is 14.2. The third-order valence-electron chi connectivity index (χ3n) is 8.53. The van der Waals surface area contributed by atoms with Crippen LogP contribution in [-0.2, 0) is 41.8 Å². The van der Waals surface area contributed by atoms with Gasteiger partial charge < -0.3 is 49.0 Å². The van der Waals surface area contributed by atoms with Crippen molar-refractivity contribution in [1.29, 1.82) is 0 Å². The van der Waals surface area contributed by atoms with E-state index in [0.717, 1.165) is 33.3 Å². The molecule has 1 aromatic heterocycles. The minimum Gasteiger partial charge on any atom is -0.467 e. The number of aromatic nitrogens is 1. The molecule has 1 heterocycles. The van der Waals surface area contributed by atoms with Gasteiger partial charge in [-0.25, -0.2) is 4.79 Å². The molecule has 0 spiro atoms. The Morgan fingerprint density at radius 2 is 1.32 bits per heavy atom. The standard InChI is InChI=1S/C36H62N10O4/c1-34(2,3)20-17-21-22(28(36(7,8)9)46-27(21)23(18-20)35(4,5)6)19-26(45-29(47)24(37)13-11-15-42-32(38)39)30(48)44-25(31(49)50-10)14-12-16-43-33(40)41/h17-18,24-26,46H,11-16,19,37H2,1-10H3,(H,44,48)(H,45,47)(H4,38,39,42)(H4,40,41,43)/t24-,25-,26+/m0/s1. The number of aliphatic imine (C=N–C) groups is 2. The lowest BCUT2D eigenvalue weighted by Gasteiger charge is -2.27. The summed E-state index contributed by atoms with van der Waals surface area (Å²) in [7, 11) is 1.25. The molecule has 14 heteroatoms. The molecule has 0 unspecified atom stereocenters. The minimum absolute atomic E-state index is 0.0455. The SMILES string of the molecule is COC(=O)[C@H](CCCN=C(N)N)NC(=O)[C@@H](Cc1c(C(C)(C)C)[nH]c2c(C(C)(C)C)cc(C(C)(C)C)cc12)NC(=O)[C@@H](N)CCCN=C(N)N. The van der Waals surface area contributed by atoms with E-state index >= 15 is 0 Å². The molecule has 0 radical (unpaired) electrons. The molecule has 13 N–H and O–H groups in total. The minimum atomic E-state index is -1.09. The zero-order chi connectivity index (χ0) is 38.2. The maximum absolute atomic E-state index is 14.2. The first-order valence-electron chi connectivity index (χ1n) is 17.2. The zero-order valence-electron chi connectivity index (χ0n) is 31.8. The predicted molar refractivity (Wildman–Crippen MR) is 202 cm³/mol. The fourth-order valence-electron chi connectivity index (χ4n) is 5.74. The smallest absolute Gasteiger partial charge is 0.328 e. The van der Waals surface area contributed by atoms with Crippen molar-refractivity contribution >= 4 is 40.6 Å². The molecule has 0 aliphatic rings. The summed E-state index contributed by atoms with van der Waals surface area (Å²) in [6.45, 7) is 19.9. The molecule has 0 saturated carbocycles. The van der Waals surface area contributed by atoms with Crippen molar-refractivity contribution in [3.8, 4) is 0 Å². The normalized spacial score (nSPS) is 14.0. The summed E-state index contributed by atoms with van der Waals surface area (Å²) in [5, 5.41) is 6.69. The van der Waals surface area contributed by atoms with E-state index in [1.807, 2.05) is 0 Å². The number of esters is 1. The van der Waals surface area contributed by atoms with E-state index in [-0.39, 0.29) is 54.0 Å². The molecule has 0 saturated heterocycles. The highest BCUT2D eigenvalue weighted by atomic mass is 16.5. The first-order chi connectivity index (χ1) is 23.0. The number of nitrogens with two attached hydrogens (primary N) is 5. The van der Waals surface area contributed by atoms with Crippen LogP contribution >= 0.6 is 0 Å². The lowest BCUT2D eigenvalue weighted by Crippen LogP contribution is -2.55. The number of guanidine groups is 2.